The van der Waals surface area contributed by atoms with Crippen LogP contribution in [0.3, 0.4) is 0 Å². The molecule has 0 bridgehead atoms. The molecule has 1 aliphatic rings. The van der Waals surface area contributed by atoms with Gasteiger partial charge in [0.25, 0.3) is 0 Å². The smallest absolute Gasteiger partial charge is 0.0108 e. The predicted octanol–water partition coefficient (Wildman–Crippen LogP) is 2.79. The van der Waals surface area contributed by atoms with E-state index in [0.717, 1.165) is 0 Å². The van der Waals surface area contributed by atoms with Crippen LogP contribution in [0.4, 0.5) is 0 Å². The van der Waals surface area contributed by atoms with E-state index in [1.807, 2.05) is 0 Å². The lowest BCUT2D eigenvalue weighted by atomic mass is 9.90. The first-order valence-corrected chi connectivity index (χ1v) is 6.31. The van der Waals surface area contributed by atoms with Crippen LogP contribution in [0.1, 0.15) is 25.3 Å². The summed E-state index contributed by atoms with van der Waals surface area (Å²) in [5.74, 6) is 0. The van der Waals surface area contributed by atoms with E-state index in [1.165, 1.54) is 23.3 Å². The summed E-state index contributed by atoms with van der Waals surface area (Å²) in [6.45, 7) is 2.12. The minimum absolute atomic E-state index is 0.280. The van der Waals surface area contributed by atoms with Gasteiger partial charge < -0.3 is 5.73 Å². The van der Waals surface area contributed by atoms with Crippen molar-refractivity contribution in [2.75, 3.05) is 6.26 Å². The standard InChI is InChI=1S/C12H17NS/c1-9(13)12(7-8-12)10-3-5-11(14-2)6-4-10/h3-6,9H,7-8,13H2,1-2H3. The molecule has 1 unspecified atom stereocenters. The van der Waals surface area contributed by atoms with Gasteiger partial charge in [0.2, 0.25) is 0 Å². The molecule has 2 heteroatoms. The van der Waals surface area contributed by atoms with E-state index in [2.05, 4.69) is 37.4 Å². The Labute approximate surface area is 90.1 Å². The summed E-state index contributed by atoms with van der Waals surface area (Å²) in [5, 5.41) is 0. The van der Waals surface area contributed by atoms with Crippen molar-refractivity contribution in [2.45, 2.75) is 36.1 Å². The largest absolute Gasteiger partial charge is 0.327 e. The Hall–Kier alpha value is -0.470. The van der Waals surface area contributed by atoms with Crippen LogP contribution in [0.5, 0.6) is 0 Å². The second-order valence-corrected chi connectivity index (χ2v) is 5.05. The summed E-state index contributed by atoms with van der Waals surface area (Å²) >= 11 is 1.79. The summed E-state index contributed by atoms with van der Waals surface area (Å²) in [6.07, 6.45) is 4.61. The Morgan fingerprint density at radius 2 is 1.86 bits per heavy atom. The number of hydrogen-bond donors (Lipinski definition) is 1. The van der Waals surface area contributed by atoms with E-state index >= 15 is 0 Å². The minimum atomic E-state index is 0.280. The Balaban J connectivity index is 2.25. The van der Waals surface area contributed by atoms with Gasteiger partial charge in [0.15, 0.2) is 0 Å². The maximum atomic E-state index is 6.03. The third kappa shape index (κ3) is 1.57. The molecule has 1 aliphatic carbocycles. The first-order valence-electron chi connectivity index (χ1n) is 5.09. The van der Waals surface area contributed by atoms with Crippen molar-refractivity contribution in [3.05, 3.63) is 29.8 Å². The lowest BCUT2D eigenvalue weighted by Crippen LogP contribution is -2.31. The highest BCUT2D eigenvalue weighted by Gasteiger charge is 2.47. The van der Waals surface area contributed by atoms with Crippen molar-refractivity contribution < 1.29 is 0 Å². The summed E-state index contributed by atoms with van der Waals surface area (Å²) in [7, 11) is 0. The quantitative estimate of drug-likeness (QED) is 0.771. The van der Waals surface area contributed by atoms with Crippen LogP contribution in [0.15, 0.2) is 29.2 Å². The van der Waals surface area contributed by atoms with Crippen LogP contribution in [0.2, 0.25) is 0 Å². The van der Waals surface area contributed by atoms with Crippen LogP contribution < -0.4 is 5.73 Å². The molecule has 1 fully saturated rings. The summed E-state index contributed by atoms with van der Waals surface area (Å²) in [4.78, 5) is 1.33. The Kier molecular flexibility index (Phi) is 2.58. The number of nitrogens with two attached hydrogens (primary N) is 1. The van der Waals surface area contributed by atoms with Gasteiger partial charge in [0.1, 0.15) is 0 Å². The zero-order valence-corrected chi connectivity index (χ0v) is 9.60. The van der Waals surface area contributed by atoms with E-state index in [1.54, 1.807) is 11.8 Å². The number of thioether (sulfide) groups is 1. The molecule has 14 heavy (non-hydrogen) atoms. The fourth-order valence-electron chi connectivity index (χ4n) is 2.06. The van der Waals surface area contributed by atoms with E-state index in [0.29, 0.717) is 5.41 Å². The van der Waals surface area contributed by atoms with Crippen LogP contribution >= 0.6 is 11.8 Å². The third-order valence-electron chi connectivity index (χ3n) is 3.33. The Morgan fingerprint density at radius 3 is 2.21 bits per heavy atom. The van der Waals surface area contributed by atoms with Crippen molar-refractivity contribution in [3.8, 4) is 0 Å². The van der Waals surface area contributed by atoms with Crippen molar-refractivity contribution in [2.24, 2.45) is 5.73 Å². The molecule has 2 N–H and O–H groups in total. The highest BCUT2D eigenvalue weighted by Crippen LogP contribution is 2.50. The maximum Gasteiger partial charge on any atom is 0.0108 e. The highest BCUT2D eigenvalue weighted by molar-refractivity contribution is 7.98. The average Bonchev–Trinajstić information content (AvgIpc) is 2.99. The van der Waals surface area contributed by atoms with Gasteiger partial charge in [-0.15, -0.1) is 11.8 Å². The molecule has 0 radical (unpaired) electrons. The van der Waals surface area contributed by atoms with E-state index < -0.39 is 0 Å². The van der Waals surface area contributed by atoms with E-state index in [9.17, 15) is 0 Å². The van der Waals surface area contributed by atoms with Crippen molar-refractivity contribution in [3.63, 3.8) is 0 Å². The average molecular weight is 207 g/mol. The molecule has 0 aromatic heterocycles. The van der Waals surface area contributed by atoms with Gasteiger partial charge in [-0.1, -0.05) is 12.1 Å². The van der Waals surface area contributed by atoms with Crippen molar-refractivity contribution in [1.29, 1.82) is 0 Å². The molecule has 0 saturated heterocycles. The monoisotopic (exact) mass is 207 g/mol. The van der Waals surface area contributed by atoms with Gasteiger partial charge in [0.05, 0.1) is 0 Å². The molecule has 2 rings (SSSR count). The molecule has 0 amide bonds. The molecule has 1 nitrogen and oxygen atoms in total. The minimum Gasteiger partial charge on any atom is -0.327 e. The Morgan fingerprint density at radius 1 is 1.29 bits per heavy atom. The molecule has 0 spiro atoms. The highest BCUT2D eigenvalue weighted by atomic mass is 32.2. The van der Waals surface area contributed by atoms with E-state index in [-0.39, 0.29) is 6.04 Å². The fourth-order valence-corrected chi connectivity index (χ4v) is 2.47. The normalized spacial score (nSPS) is 20.5. The molecule has 1 atom stereocenters. The lowest BCUT2D eigenvalue weighted by molar-refractivity contribution is 0.556. The number of hydrogen-bond acceptors (Lipinski definition) is 2. The van der Waals surface area contributed by atoms with Gasteiger partial charge in [-0.05, 0) is 43.7 Å². The van der Waals surface area contributed by atoms with Gasteiger partial charge in [-0.2, -0.15) is 0 Å². The second kappa shape index (κ2) is 3.59. The van der Waals surface area contributed by atoms with Gasteiger partial charge in [-0.25, -0.2) is 0 Å². The molecule has 1 aromatic carbocycles. The van der Waals surface area contributed by atoms with Crippen LogP contribution in [0.25, 0.3) is 0 Å². The first-order chi connectivity index (χ1) is 6.69. The molecule has 0 heterocycles. The van der Waals surface area contributed by atoms with Crippen LogP contribution in [-0.4, -0.2) is 12.3 Å². The fraction of sp³-hybridized carbons (Fsp3) is 0.500. The third-order valence-corrected chi connectivity index (χ3v) is 4.07. The van der Waals surface area contributed by atoms with Gasteiger partial charge in [0, 0.05) is 16.4 Å². The molecular weight excluding hydrogens is 190 g/mol. The molecule has 1 aromatic rings. The van der Waals surface area contributed by atoms with Crippen LogP contribution in [0, 0.1) is 0 Å². The van der Waals surface area contributed by atoms with Crippen molar-refractivity contribution >= 4 is 11.8 Å². The lowest BCUT2D eigenvalue weighted by Gasteiger charge is -2.20. The first kappa shape index (κ1) is 10.1. The zero-order chi connectivity index (χ0) is 10.2. The molecule has 76 valence electrons. The summed E-state index contributed by atoms with van der Waals surface area (Å²) in [6, 6.07) is 9.15. The maximum absolute atomic E-state index is 6.03. The molecule has 0 aliphatic heterocycles. The topological polar surface area (TPSA) is 26.0 Å². The van der Waals surface area contributed by atoms with Crippen LogP contribution in [-0.2, 0) is 5.41 Å². The summed E-state index contributed by atoms with van der Waals surface area (Å²) < 4.78 is 0. The SMILES string of the molecule is CSc1ccc(C2(C(C)N)CC2)cc1. The molecule has 1 saturated carbocycles. The van der Waals surface area contributed by atoms with E-state index in [4.69, 9.17) is 5.73 Å². The molecular formula is C12H17NS. The summed E-state index contributed by atoms with van der Waals surface area (Å²) in [5.41, 5.74) is 7.75. The Bertz CT molecular complexity index is 312. The predicted molar refractivity (Wildman–Crippen MR) is 62.8 cm³/mol. The van der Waals surface area contributed by atoms with Gasteiger partial charge in [-0.3, -0.25) is 0 Å². The number of benzene rings is 1. The van der Waals surface area contributed by atoms with Gasteiger partial charge >= 0.3 is 0 Å². The second-order valence-electron chi connectivity index (χ2n) is 4.17. The van der Waals surface area contributed by atoms with Crippen molar-refractivity contribution in [1.82, 2.24) is 0 Å². The zero-order valence-electron chi connectivity index (χ0n) is 8.79. The number of rotatable bonds is 3.